The average Bonchev–Trinajstić information content (AvgIpc) is 3.43. The summed E-state index contributed by atoms with van der Waals surface area (Å²) in [4.78, 5) is 11.1. The number of rotatable bonds is 5. The molecule has 3 heterocycles. The van der Waals surface area contributed by atoms with Crippen molar-refractivity contribution in [2.75, 3.05) is 25.0 Å². The van der Waals surface area contributed by atoms with E-state index in [1.807, 2.05) is 30.3 Å². The van der Waals surface area contributed by atoms with Gasteiger partial charge < -0.3 is 20.0 Å². The fourth-order valence-electron chi connectivity index (χ4n) is 3.47. The second-order valence-electron chi connectivity index (χ2n) is 6.89. The lowest BCUT2D eigenvalue weighted by molar-refractivity contribution is 0.468. The molecule has 1 fully saturated rings. The van der Waals surface area contributed by atoms with E-state index in [4.69, 9.17) is 16.0 Å². The van der Waals surface area contributed by atoms with Gasteiger partial charge in [-0.1, -0.05) is 23.7 Å². The van der Waals surface area contributed by atoms with E-state index in [9.17, 15) is 0 Å². The zero-order valence-corrected chi connectivity index (χ0v) is 19.7. The van der Waals surface area contributed by atoms with E-state index < -0.39 is 0 Å². The zero-order chi connectivity index (χ0) is 20.1. The molecule has 10 heteroatoms. The van der Waals surface area contributed by atoms with Crippen LogP contribution in [0.2, 0.25) is 5.02 Å². The van der Waals surface area contributed by atoms with Crippen LogP contribution in [-0.2, 0) is 6.54 Å². The van der Waals surface area contributed by atoms with Gasteiger partial charge in [0.05, 0.1) is 23.5 Å². The fraction of sp³-hybridized carbons (Fsp3) is 0.350. The van der Waals surface area contributed by atoms with Crippen LogP contribution in [0, 0.1) is 0 Å². The van der Waals surface area contributed by atoms with Gasteiger partial charge in [0, 0.05) is 26.2 Å². The summed E-state index contributed by atoms with van der Waals surface area (Å²) >= 11 is 6.37. The van der Waals surface area contributed by atoms with Gasteiger partial charge in [-0.25, -0.2) is 4.98 Å². The lowest BCUT2D eigenvalue weighted by Gasteiger charge is -2.35. The second-order valence-corrected chi connectivity index (χ2v) is 7.30. The molecular weight excluding hydrogens is 517 g/mol. The predicted octanol–water partition coefficient (Wildman–Crippen LogP) is 3.67. The van der Waals surface area contributed by atoms with Crippen molar-refractivity contribution in [1.29, 1.82) is 0 Å². The molecule has 1 aliphatic rings. The zero-order valence-electron chi connectivity index (χ0n) is 16.6. The third kappa shape index (κ3) is 5.45. The van der Waals surface area contributed by atoms with E-state index in [-0.39, 0.29) is 30.0 Å². The van der Waals surface area contributed by atoms with Crippen LogP contribution in [0.25, 0.3) is 11.6 Å². The highest BCUT2D eigenvalue weighted by Crippen LogP contribution is 2.27. The normalized spacial score (nSPS) is 16.8. The van der Waals surface area contributed by atoms with Gasteiger partial charge in [-0.05, 0) is 37.1 Å². The summed E-state index contributed by atoms with van der Waals surface area (Å²) in [6, 6.07) is 11.9. The topological polar surface area (TPSA) is 94.4 Å². The van der Waals surface area contributed by atoms with Crippen LogP contribution in [-0.4, -0.2) is 47.3 Å². The van der Waals surface area contributed by atoms with Crippen LogP contribution >= 0.6 is 35.6 Å². The molecule has 1 aromatic carbocycles. The van der Waals surface area contributed by atoms with E-state index in [1.165, 1.54) is 0 Å². The van der Waals surface area contributed by atoms with Crippen molar-refractivity contribution in [2.24, 2.45) is 4.99 Å². The molecule has 1 atom stereocenters. The highest BCUT2D eigenvalue weighted by atomic mass is 127. The summed E-state index contributed by atoms with van der Waals surface area (Å²) in [5.41, 5.74) is 1.08. The lowest BCUT2D eigenvalue weighted by atomic mass is 10.0. The van der Waals surface area contributed by atoms with Crippen molar-refractivity contribution in [3.05, 3.63) is 53.5 Å². The van der Waals surface area contributed by atoms with Gasteiger partial charge >= 0.3 is 0 Å². The molecule has 3 N–H and O–H groups in total. The Bertz CT molecular complexity index is 960. The number of halogens is 2. The number of nitrogens with zero attached hydrogens (tertiary/aromatic N) is 4. The van der Waals surface area contributed by atoms with E-state index >= 15 is 0 Å². The minimum Gasteiger partial charge on any atom is -0.461 e. The number of aromatic nitrogens is 3. The first kappa shape index (κ1) is 22.4. The minimum atomic E-state index is 0. The maximum atomic E-state index is 6.37. The summed E-state index contributed by atoms with van der Waals surface area (Å²) in [5.74, 6) is 2.61. The number of para-hydroxylation sites is 1. The Morgan fingerprint density at radius 1 is 1.33 bits per heavy atom. The summed E-state index contributed by atoms with van der Waals surface area (Å²) < 4.78 is 5.32. The monoisotopic (exact) mass is 541 g/mol. The maximum absolute atomic E-state index is 6.37. The highest BCUT2D eigenvalue weighted by molar-refractivity contribution is 14.0. The minimum absolute atomic E-state index is 0. The largest absolute Gasteiger partial charge is 0.461 e. The Labute approximate surface area is 197 Å². The van der Waals surface area contributed by atoms with E-state index in [0.29, 0.717) is 24.0 Å². The standard InChI is InChI=1S/C20H24ClN7O.HI/c1-22-20(23-12-18-25-19(27-26-18)17-9-5-11-29-17)24-14-6-4-10-28(13-14)16-8-3-2-7-15(16)21;/h2-3,5,7-9,11,14H,4,6,10,12-13H2,1H3,(H2,22,23,24)(H,25,26,27);1H. The molecule has 0 saturated carbocycles. The second kappa shape index (κ2) is 10.7. The third-order valence-electron chi connectivity index (χ3n) is 4.88. The predicted molar refractivity (Wildman–Crippen MR) is 130 cm³/mol. The first-order chi connectivity index (χ1) is 14.2. The molecule has 30 heavy (non-hydrogen) atoms. The molecule has 0 radical (unpaired) electrons. The Kier molecular flexibility index (Phi) is 7.97. The Hall–Kier alpha value is -2.27. The number of nitrogens with one attached hydrogen (secondary N) is 3. The van der Waals surface area contributed by atoms with Crippen LogP contribution in [0.4, 0.5) is 5.69 Å². The number of piperidine rings is 1. The van der Waals surface area contributed by atoms with Crippen molar-refractivity contribution in [1.82, 2.24) is 25.8 Å². The molecular formula is C20H25ClIN7O. The van der Waals surface area contributed by atoms with Gasteiger partial charge in [-0.15, -0.1) is 29.1 Å². The summed E-state index contributed by atoms with van der Waals surface area (Å²) in [6.07, 6.45) is 3.77. The molecule has 1 saturated heterocycles. The Balaban J connectivity index is 0.00000256. The van der Waals surface area contributed by atoms with Crippen molar-refractivity contribution in [3.63, 3.8) is 0 Å². The molecule has 0 bridgehead atoms. The van der Waals surface area contributed by atoms with Crippen molar-refractivity contribution in [3.8, 4) is 11.6 Å². The van der Waals surface area contributed by atoms with Gasteiger partial charge in [-0.3, -0.25) is 10.1 Å². The molecule has 3 aromatic rings. The molecule has 0 aliphatic carbocycles. The molecule has 8 nitrogen and oxygen atoms in total. The highest BCUT2D eigenvalue weighted by Gasteiger charge is 2.22. The first-order valence-corrected chi connectivity index (χ1v) is 10.0. The van der Waals surface area contributed by atoms with Crippen molar-refractivity contribution in [2.45, 2.75) is 25.4 Å². The number of anilines is 1. The maximum Gasteiger partial charge on any atom is 0.216 e. The van der Waals surface area contributed by atoms with Crippen LogP contribution in [0.1, 0.15) is 18.7 Å². The summed E-state index contributed by atoms with van der Waals surface area (Å²) in [5, 5.41) is 14.7. The number of guanidine groups is 1. The van der Waals surface area contributed by atoms with Gasteiger partial charge in [0.25, 0.3) is 0 Å². The number of hydrogen-bond donors (Lipinski definition) is 3. The SMILES string of the molecule is CN=C(NCc1nc(-c2ccco2)n[nH]1)NC1CCCN(c2ccccc2Cl)C1.I. The van der Waals surface area contributed by atoms with Crippen LogP contribution in [0.3, 0.4) is 0 Å². The van der Waals surface area contributed by atoms with E-state index in [2.05, 4.69) is 41.8 Å². The molecule has 0 spiro atoms. The number of benzene rings is 1. The van der Waals surface area contributed by atoms with Crippen LogP contribution in [0.5, 0.6) is 0 Å². The smallest absolute Gasteiger partial charge is 0.216 e. The summed E-state index contributed by atoms with van der Waals surface area (Å²) in [6.45, 7) is 2.35. The number of hydrogen-bond acceptors (Lipinski definition) is 5. The Morgan fingerprint density at radius 3 is 2.97 bits per heavy atom. The molecule has 0 amide bonds. The van der Waals surface area contributed by atoms with Gasteiger partial charge in [0.15, 0.2) is 11.7 Å². The number of aromatic amines is 1. The van der Waals surface area contributed by atoms with Crippen molar-refractivity contribution < 1.29 is 4.42 Å². The number of aliphatic imine (C=N–C) groups is 1. The Morgan fingerprint density at radius 2 is 2.20 bits per heavy atom. The number of H-pyrrole nitrogens is 1. The van der Waals surface area contributed by atoms with Gasteiger partial charge in [0.2, 0.25) is 5.82 Å². The van der Waals surface area contributed by atoms with Crippen molar-refractivity contribution >= 4 is 47.2 Å². The fourth-order valence-corrected chi connectivity index (χ4v) is 3.72. The van der Waals surface area contributed by atoms with Crippen LogP contribution in [0.15, 0.2) is 52.1 Å². The van der Waals surface area contributed by atoms with E-state index in [1.54, 1.807) is 13.3 Å². The van der Waals surface area contributed by atoms with Gasteiger partial charge in [-0.2, -0.15) is 0 Å². The van der Waals surface area contributed by atoms with E-state index in [0.717, 1.165) is 42.6 Å². The summed E-state index contributed by atoms with van der Waals surface area (Å²) in [7, 11) is 1.76. The van der Waals surface area contributed by atoms with Gasteiger partial charge in [0.1, 0.15) is 5.82 Å². The molecule has 2 aromatic heterocycles. The molecule has 160 valence electrons. The molecule has 1 unspecified atom stereocenters. The lowest BCUT2D eigenvalue weighted by Crippen LogP contribution is -2.51. The first-order valence-electron chi connectivity index (χ1n) is 9.65. The average molecular weight is 542 g/mol. The third-order valence-corrected chi connectivity index (χ3v) is 5.20. The van der Waals surface area contributed by atoms with Crippen LogP contribution < -0.4 is 15.5 Å². The molecule has 1 aliphatic heterocycles. The molecule has 4 rings (SSSR count). The quantitative estimate of drug-likeness (QED) is 0.259. The number of furan rings is 1.